The first kappa shape index (κ1) is 12.3. The zero-order valence-electron chi connectivity index (χ0n) is 10.8. The van der Waals surface area contributed by atoms with Crippen LogP contribution in [0.1, 0.15) is 21.5 Å². The van der Waals surface area contributed by atoms with E-state index in [2.05, 4.69) is 6.07 Å². The van der Waals surface area contributed by atoms with E-state index in [1.807, 2.05) is 36.4 Å². The third-order valence-electron chi connectivity index (χ3n) is 3.37. The minimum Gasteiger partial charge on any atom is -0.300 e. The first-order valence-electron chi connectivity index (χ1n) is 6.41. The number of hydrogen-bond acceptors (Lipinski definition) is 2. The largest absolute Gasteiger partial charge is 0.300 e. The van der Waals surface area contributed by atoms with Crippen molar-refractivity contribution in [3.05, 3.63) is 83.4 Å². The number of carbonyl (C=O) groups excluding carboxylic acids is 1. The highest BCUT2D eigenvalue weighted by Crippen LogP contribution is 2.18. The van der Waals surface area contributed by atoms with E-state index in [1.165, 1.54) is 5.39 Å². The molecule has 0 heterocycles. The summed E-state index contributed by atoms with van der Waals surface area (Å²) in [6.07, 6.45) is 0.809. The number of fused-ring (bicyclic) bond motifs is 1. The van der Waals surface area contributed by atoms with Crippen LogP contribution in [0.2, 0.25) is 0 Å². The van der Waals surface area contributed by atoms with Gasteiger partial charge in [-0.3, -0.25) is 10.2 Å². The summed E-state index contributed by atoms with van der Waals surface area (Å²) in [6.45, 7) is 0. The van der Waals surface area contributed by atoms with E-state index < -0.39 is 0 Å². The molecule has 3 rings (SSSR count). The lowest BCUT2D eigenvalue weighted by atomic mass is 9.99. The van der Waals surface area contributed by atoms with Crippen molar-refractivity contribution in [2.75, 3.05) is 0 Å². The van der Waals surface area contributed by atoms with Crippen molar-refractivity contribution >= 4 is 22.8 Å². The van der Waals surface area contributed by atoms with Crippen molar-refractivity contribution < 1.29 is 4.79 Å². The number of nitrogens with one attached hydrogen (secondary N) is 1. The Morgan fingerprint density at radius 1 is 0.800 bits per heavy atom. The fourth-order valence-corrected chi connectivity index (χ4v) is 2.24. The van der Waals surface area contributed by atoms with Gasteiger partial charge in [-0.25, -0.2) is 0 Å². The highest BCUT2D eigenvalue weighted by Gasteiger charge is 2.05. The summed E-state index contributed by atoms with van der Waals surface area (Å²) in [7, 11) is 0. The normalized spacial score (nSPS) is 10.4. The highest BCUT2D eigenvalue weighted by atomic mass is 16.1. The third kappa shape index (κ3) is 2.24. The second-order valence-corrected chi connectivity index (χ2v) is 4.68. The van der Waals surface area contributed by atoms with E-state index in [0.29, 0.717) is 11.3 Å². The monoisotopic (exact) mass is 259 g/mol. The lowest BCUT2D eigenvalue weighted by Gasteiger charge is -2.06. The molecule has 0 spiro atoms. The van der Waals surface area contributed by atoms with Crippen molar-refractivity contribution in [1.82, 2.24) is 0 Å². The van der Waals surface area contributed by atoms with E-state index in [1.54, 1.807) is 24.3 Å². The van der Waals surface area contributed by atoms with Crippen molar-refractivity contribution in [1.29, 1.82) is 5.41 Å². The van der Waals surface area contributed by atoms with E-state index >= 15 is 0 Å². The Morgan fingerprint density at radius 3 is 2.15 bits per heavy atom. The van der Waals surface area contributed by atoms with Crippen molar-refractivity contribution in [3.8, 4) is 0 Å². The standard InChI is InChI=1S/C18H13NO/c19-18(15-7-5-13(12-20)6-8-15)17-10-9-14-3-1-2-4-16(14)11-17/h1-12,19H. The van der Waals surface area contributed by atoms with Gasteiger partial charge in [0.05, 0.1) is 5.71 Å². The maximum Gasteiger partial charge on any atom is 0.150 e. The summed E-state index contributed by atoms with van der Waals surface area (Å²) < 4.78 is 0. The minimum atomic E-state index is 0.466. The molecule has 1 N–H and O–H groups in total. The molecular weight excluding hydrogens is 246 g/mol. The summed E-state index contributed by atoms with van der Waals surface area (Å²) in [6, 6.07) is 21.2. The lowest BCUT2D eigenvalue weighted by molar-refractivity contribution is 0.112. The number of aldehydes is 1. The summed E-state index contributed by atoms with van der Waals surface area (Å²) in [5.74, 6) is 0. The van der Waals surface area contributed by atoms with Crippen molar-refractivity contribution in [2.45, 2.75) is 0 Å². The number of carbonyl (C=O) groups is 1. The average molecular weight is 259 g/mol. The van der Waals surface area contributed by atoms with Gasteiger partial charge in [-0.2, -0.15) is 0 Å². The minimum absolute atomic E-state index is 0.466. The van der Waals surface area contributed by atoms with Gasteiger partial charge < -0.3 is 0 Å². The van der Waals surface area contributed by atoms with Gasteiger partial charge in [0.25, 0.3) is 0 Å². The summed E-state index contributed by atoms with van der Waals surface area (Å²) in [4.78, 5) is 10.7. The van der Waals surface area contributed by atoms with Gasteiger partial charge >= 0.3 is 0 Å². The maximum atomic E-state index is 10.7. The quantitative estimate of drug-likeness (QED) is 0.559. The van der Waals surface area contributed by atoms with Gasteiger partial charge in [0.15, 0.2) is 0 Å². The van der Waals surface area contributed by atoms with E-state index in [4.69, 9.17) is 5.41 Å². The van der Waals surface area contributed by atoms with Crippen LogP contribution in [0.15, 0.2) is 66.7 Å². The van der Waals surface area contributed by atoms with Crippen LogP contribution in [0, 0.1) is 5.41 Å². The molecule has 96 valence electrons. The predicted molar refractivity (Wildman–Crippen MR) is 81.7 cm³/mol. The molecule has 0 fully saturated rings. The molecule has 3 aromatic rings. The Balaban J connectivity index is 2.00. The van der Waals surface area contributed by atoms with Crippen LogP contribution in [-0.4, -0.2) is 12.0 Å². The van der Waals surface area contributed by atoms with Crippen LogP contribution in [0.5, 0.6) is 0 Å². The zero-order chi connectivity index (χ0) is 13.9. The molecule has 0 aliphatic carbocycles. The van der Waals surface area contributed by atoms with Gasteiger partial charge in [0, 0.05) is 16.7 Å². The zero-order valence-corrected chi connectivity index (χ0v) is 10.8. The third-order valence-corrected chi connectivity index (χ3v) is 3.37. The van der Waals surface area contributed by atoms with Gasteiger partial charge in [0.2, 0.25) is 0 Å². The summed E-state index contributed by atoms with van der Waals surface area (Å²) >= 11 is 0. The Labute approximate surface area is 117 Å². The Morgan fingerprint density at radius 2 is 1.45 bits per heavy atom. The van der Waals surface area contributed by atoms with Gasteiger partial charge in [-0.05, 0) is 16.8 Å². The topological polar surface area (TPSA) is 40.9 Å². The highest BCUT2D eigenvalue weighted by molar-refractivity contribution is 6.12. The second kappa shape index (κ2) is 5.10. The molecule has 0 aliphatic heterocycles. The molecule has 0 atom stereocenters. The lowest BCUT2D eigenvalue weighted by Crippen LogP contribution is -2.01. The fourth-order valence-electron chi connectivity index (χ4n) is 2.24. The van der Waals surface area contributed by atoms with Crippen LogP contribution < -0.4 is 0 Å². The smallest absolute Gasteiger partial charge is 0.150 e. The first-order valence-corrected chi connectivity index (χ1v) is 6.41. The van der Waals surface area contributed by atoms with Crippen molar-refractivity contribution in [3.63, 3.8) is 0 Å². The maximum absolute atomic E-state index is 10.7. The van der Waals surface area contributed by atoms with E-state index in [0.717, 1.165) is 22.8 Å². The molecule has 0 aromatic heterocycles. The fraction of sp³-hybridized carbons (Fsp3) is 0. The van der Waals surface area contributed by atoms with Crippen LogP contribution in [0.25, 0.3) is 10.8 Å². The summed E-state index contributed by atoms with van der Waals surface area (Å²) in [5, 5.41) is 10.6. The van der Waals surface area contributed by atoms with E-state index in [-0.39, 0.29) is 0 Å². The average Bonchev–Trinajstić information content (AvgIpc) is 2.54. The molecule has 20 heavy (non-hydrogen) atoms. The Hall–Kier alpha value is -2.74. The molecule has 0 amide bonds. The Bertz CT molecular complexity index is 788. The molecule has 0 radical (unpaired) electrons. The van der Waals surface area contributed by atoms with Crippen molar-refractivity contribution in [2.24, 2.45) is 0 Å². The van der Waals surface area contributed by atoms with Crippen LogP contribution in [0.3, 0.4) is 0 Å². The van der Waals surface area contributed by atoms with Crippen LogP contribution in [-0.2, 0) is 0 Å². The van der Waals surface area contributed by atoms with Gasteiger partial charge in [0.1, 0.15) is 6.29 Å². The molecule has 0 unspecified atom stereocenters. The summed E-state index contributed by atoms with van der Waals surface area (Å²) in [5.41, 5.74) is 2.78. The SMILES string of the molecule is N=C(c1ccc(C=O)cc1)c1ccc2ccccc2c1. The molecular formula is C18H13NO. The van der Waals surface area contributed by atoms with Gasteiger partial charge in [-0.15, -0.1) is 0 Å². The Kier molecular flexibility index (Phi) is 3.13. The first-order chi connectivity index (χ1) is 9.78. The molecule has 3 aromatic carbocycles. The molecule has 2 heteroatoms. The van der Waals surface area contributed by atoms with Crippen LogP contribution in [0.4, 0.5) is 0 Å². The predicted octanol–water partition coefficient (Wildman–Crippen LogP) is 4.07. The molecule has 0 aliphatic rings. The molecule has 0 bridgehead atoms. The molecule has 0 saturated carbocycles. The molecule has 0 saturated heterocycles. The second-order valence-electron chi connectivity index (χ2n) is 4.68. The molecule has 2 nitrogen and oxygen atoms in total. The number of rotatable bonds is 3. The van der Waals surface area contributed by atoms with E-state index in [9.17, 15) is 4.79 Å². The van der Waals surface area contributed by atoms with Gasteiger partial charge in [-0.1, -0.05) is 60.7 Å². The van der Waals surface area contributed by atoms with Crippen LogP contribution >= 0.6 is 0 Å². The number of benzene rings is 3. The number of hydrogen-bond donors (Lipinski definition) is 1.